The summed E-state index contributed by atoms with van der Waals surface area (Å²) < 4.78 is 0. The molecule has 0 aromatic rings. The van der Waals surface area contributed by atoms with E-state index in [2.05, 4.69) is 24.3 Å². The molecule has 0 aliphatic heterocycles. The number of carbonyl (C=O) groups is 2. The number of Topliss-reactive ketones (excluding diaryl/α,β-unsaturated/α-hetero) is 1. The van der Waals surface area contributed by atoms with Gasteiger partial charge in [-0.1, -0.05) is 19.0 Å². The van der Waals surface area contributed by atoms with Gasteiger partial charge < -0.3 is 16.3 Å². The maximum absolute atomic E-state index is 12.6. The van der Waals surface area contributed by atoms with Crippen LogP contribution in [0.25, 0.3) is 0 Å². The van der Waals surface area contributed by atoms with Crippen LogP contribution >= 0.6 is 0 Å². The van der Waals surface area contributed by atoms with Crippen molar-refractivity contribution in [1.82, 2.24) is 5.32 Å². The molecule has 156 valence electrons. The van der Waals surface area contributed by atoms with E-state index in [0.29, 0.717) is 42.9 Å². The Kier molecular flexibility index (Phi) is 5.05. The number of fused-ring (bicyclic) bond motifs is 5. The molecule has 4 aliphatic carbocycles. The lowest BCUT2D eigenvalue weighted by molar-refractivity contribution is -0.134. The number of nitrogens with one attached hydrogen (secondary N) is 1. The van der Waals surface area contributed by atoms with Gasteiger partial charge in [-0.3, -0.25) is 9.59 Å². The van der Waals surface area contributed by atoms with Crippen molar-refractivity contribution in [1.29, 1.82) is 0 Å². The highest BCUT2D eigenvalue weighted by Crippen LogP contribution is 2.64. The lowest BCUT2D eigenvalue weighted by atomic mass is 9.44. The van der Waals surface area contributed by atoms with Crippen molar-refractivity contribution in [3.05, 3.63) is 0 Å². The van der Waals surface area contributed by atoms with E-state index in [9.17, 15) is 14.8 Å². The molecule has 1 unspecified atom stereocenters. The molecule has 4 saturated carbocycles. The van der Waals surface area contributed by atoms with Gasteiger partial charge >= 0.3 is 0 Å². The number of nitrogens with zero attached hydrogens (tertiary/aromatic N) is 1. The fraction of sp³-hybridized carbons (Fsp3) is 0.864. The molecule has 4 fully saturated rings. The van der Waals surface area contributed by atoms with Crippen LogP contribution < -0.4 is 11.1 Å². The third-order valence-electron chi connectivity index (χ3n) is 9.05. The van der Waals surface area contributed by atoms with E-state index in [0.717, 1.165) is 50.7 Å². The average molecular weight is 390 g/mol. The number of nitrogens with two attached hydrogens (primary N) is 1. The molecule has 0 bridgehead atoms. The maximum atomic E-state index is 12.6. The number of carbonyl (C=O) groups excluding carboxylic acids is 2. The molecule has 4 aliphatic rings. The molecule has 28 heavy (non-hydrogen) atoms. The van der Waals surface area contributed by atoms with Gasteiger partial charge in [0.05, 0.1) is 5.71 Å². The van der Waals surface area contributed by atoms with E-state index in [4.69, 9.17) is 5.73 Å². The summed E-state index contributed by atoms with van der Waals surface area (Å²) in [5.74, 6) is 2.11. The van der Waals surface area contributed by atoms with Gasteiger partial charge in [0.15, 0.2) is 0 Å². The summed E-state index contributed by atoms with van der Waals surface area (Å²) in [7, 11) is 0. The Morgan fingerprint density at radius 2 is 2.04 bits per heavy atom. The summed E-state index contributed by atoms with van der Waals surface area (Å²) in [6.45, 7) is 4.92. The lowest BCUT2D eigenvalue weighted by Crippen LogP contribution is -2.58. The van der Waals surface area contributed by atoms with Crippen LogP contribution in [-0.4, -0.2) is 35.2 Å². The van der Waals surface area contributed by atoms with Crippen LogP contribution in [0.5, 0.6) is 0 Å². The Bertz CT molecular complexity index is 693. The van der Waals surface area contributed by atoms with Crippen LogP contribution in [0.2, 0.25) is 0 Å². The molecular formula is C22H35N3O3. The normalized spacial score (nSPS) is 46.6. The second kappa shape index (κ2) is 7.12. The van der Waals surface area contributed by atoms with E-state index in [1.54, 1.807) is 0 Å². The number of hydrogen-bond acceptors (Lipinski definition) is 5. The zero-order valence-corrected chi connectivity index (χ0v) is 17.2. The van der Waals surface area contributed by atoms with E-state index in [1.807, 2.05) is 0 Å². The molecule has 0 aromatic carbocycles. The minimum atomic E-state index is -0.168. The Balaban J connectivity index is 1.57. The molecule has 0 spiro atoms. The van der Waals surface area contributed by atoms with Gasteiger partial charge in [0.1, 0.15) is 5.78 Å². The average Bonchev–Trinajstić information content (AvgIpc) is 2.97. The first-order chi connectivity index (χ1) is 13.3. The van der Waals surface area contributed by atoms with Crippen LogP contribution in [0.3, 0.4) is 0 Å². The Morgan fingerprint density at radius 1 is 1.25 bits per heavy atom. The second-order valence-corrected chi connectivity index (χ2v) is 10.2. The Labute approximate surface area is 167 Å². The number of rotatable bonds is 3. The smallest absolute Gasteiger partial charge is 0.221 e. The molecule has 1 amide bonds. The SMILES string of the molecule is C[C@]12CC[C@H](NC(=O)CCN)CC1/C(=N/O)C[C@@H]1[C@@H]2CC[C@]2(C)C(=O)CC[C@@H]12. The predicted octanol–water partition coefficient (Wildman–Crippen LogP) is 2.87. The number of ketones is 1. The fourth-order valence-corrected chi connectivity index (χ4v) is 7.51. The highest BCUT2D eigenvalue weighted by Gasteiger charge is 2.61. The first-order valence-electron chi connectivity index (χ1n) is 11.1. The van der Waals surface area contributed by atoms with Gasteiger partial charge in [0.25, 0.3) is 0 Å². The van der Waals surface area contributed by atoms with Crippen molar-refractivity contribution in [3.63, 3.8) is 0 Å². The second-order valence-electron chi connectivity index (χ2n) is 10.2. The Hall–Kier alpha value is -1.43. The maximum Gasteiger partial charge on any atom is 0.221 e. The standard InChI is InChI=1S/C22H35N3O3/c1-21-8-5-13(24-20(27)7-10-23)11-17(21)18(25-28)12-14-15-3-4-19(26)22(15,2)9-6-16(14)21/h13-17,28H,3-12,23H2,1-2H3,(H,24,27)/b25-18+/t13-,14-,15-,16-,17?,21+,22-/m0/s1. The minimum Gasteiger partial charge on any atom is -0.411 e. The first-order valence-corrected chi connectivity index (χ1v) is 11.1. The summed E-state index contributed by atoms with van der Waals surface area (Å²) in [6.07, 6.45) is 7.81. The van der Waals surface area contributed by atoms with Gasteiger partial charge in [0.2, 0.25) is 5.91 Å². The van der Waals surface area contributed by atoms with Gasteiger partial charge in [-0.2, -0.15) is 0 Å². The van der Waals surface area contributed by atoms with Crippen LogP contribution in [0.4, 0.5) is 0 Å². The summed E-state index contributed by atoms with van der Waals surface area (Å²) in [5.41, 5.74) is 6.32. The zero-order chi connectivity index (χ0) is 20.1. The van der Waals surface area contributed by atoms with Gasteiger partial charge in [0, 0.05) is 36.8 Å². The summed E-state index contributed by atoms with van der Waals surface area (Å²) in [6, 6.07) is 0.132. The monoisotopic (exact) mass is 389 g/mol. The molecule has 7 atom stereocenters. The van der Waals surface area contributed by atoms with Gasteiger partial charge in [-0.05, 0) is 68.1 Å². The van der Waals surface area contributed by atoms with Crippen molar-refractivity contribution < 1.29 is 14.8 Å². The van der Waals surface area contributed by atoms with Crippen molar-refractivity contribution >= 4 is 17.4 Å². The fourth-order valence-electron chi connectivity index (χ4n) is 7.51. The van der Waals surface area contributed by atoms with E-state index >= 15 is 0 Å². The van der Waals surface area contributed by atoms with Crippen molar-refractivity contribution in [2.24, 2.45) is 45.4 Å². The van der Waals surface area contributed by atoms with E-state index in [1.165, 1.54) is 0 Å². The molecule has 6 heteroatoms. The van der Waals surface area contributed by atoms with E-state index < -0.39 is 0 Å². The van der Waals surface area contributed by atoms with Crippen LogP contribution in [-0.2, 0) is 9.59 Å². The predicted molar refractivity (Wildman–Crippen MR) is 107 cm³/mol. The van der Waals surface area contributed by atoms with Crippen molar-refractivity contribution in [2.45, 2.75) is 77.7 Å². The molecular weight excluding hydrogens is 354 g/mol. The highest BCUT2D eigenvalue weighted by molar-refractivity contribution is 5.90. The molecule has 0 radical (unpaired) electrons. The summed E-state index contributed by atoms with van der Waals surface area (Å²) in [5, 5.41) is 16.8. The molecule has 0 heterocycles. The Morgan fingerprint density at radius 3 is 2.75 bits per heavy atom. The van der Waals surface area contributed by atoms with Crippen LogP contribution in [0.15, 0.2) is 5.16 Å². The highest BCUT2D eigenvalue weighted by atomic mass is 16.4. The van der Waals surface area contributed by atoms with E-state index in [-0.39, 0.29) is 28.7 Å². The lowest BCUT2D eigenvalue weighted by Gasteiger charge is -2.60. The largest absolute Gasteiger partial charge is 0.411 e. The topological polar surface area (TPSA) is 105 Å². The van der Waals surface area contributed by atoms with Crippen molar-refractivity contribution in [2.75, 3.05) is 6.54 Å². The van der Waals surface area contributed by atoms with Crippen molar-refractivity contribution in [3.8, 4) is 0 Å². The first kappa shape index (κ1) is 19.9. The third-order valence-corrected chi connectivity index (χ3v) is 9.05. The molecule has 4 N–H and O–H groups in total. The number of amides is 1. The van der Waals surface area contributed by atoms with Crippen LogP contribution in [0, 0.1) is 34.5 Å². The van der Waals surface area contributed by atoms with Crippen LogP contribution in [0.1, 0.15) is 71.6 Å². The summed E-state index contributed by atoms with van der Waals surface area (Å²) >= 11 is 0. The quantitative estimate of drug-likeness (QED) is 0.510. The van der Waals surface area contributed by atoms with Gasteiger partial charge in [-0.25, -0.2) is 0 Å². The zero-order valence-electron chi connectivity index (χ0n) is 17.2. The molecule has 4 rings (SSSR count). The minimum absolute atomic E-state index is 0.0187. The molecule has 6 nitrogen and oxygen atoms in total. The number of oxime groups is 1. The molecule has 0 saturated heterocycles. The third kappa shape index (κ3) is 2.90. The molecule has 0 aromatic heterocycles. The number of hydrogen-bond donors (Lipinski definition) is 3. The van der Waals surface area contributed by atoms with Gasteiger partial charge in [-0.15, -0.1) is 0 Å². The summed E-state index contributed by atoms with van der Waals surface area (Å²) in [4.78, 5) is 24.6.